The first-order valence-corrected chi connectivity index (χ1v) is 8.47. The maximum absolute atomic E-state index is 12.1. The molecule has 2 rings (SSSR count). The van der Waals surface area contributed by atoms with Crippen molar-refractivity contribution in [1.29, 1.82) is 0 Å². The highest BCUT2D eigenvalue weighted by Crippen LogP contribution is 2.21. The van der Waals surface area contributed by atoms with Crippen LogP contribution in [0.1, 0.15) is 31.7 Å². The van der Waals surface area contributed by atoms with E-state index in [-0.39, 0.29) is 5.75 Å². The molecule has 1 unspecified atom stereocenters. The molecule has 1 atom stereocenters. The summed E-state index contributed by atoms with van der Waals surface area (Å²) in [6.45, 7) is 1.65. The van der Waals surface area contributed by atoms with Crippen LogP contribution in [0.25, 0.3) is 0 Å². The highest BCUT2D eigenvalue weighted by molar-refractivity contribution is 7.92. The van der Waals surface area contributed by atoms with E-state index in [9.17, 15) is 13.2 Å². The molecule has 0 saturated carbocycles. The van der Waals surface area contributed by atoms with Gasteiger partial charge in [0, 0.05) is 5.69 Å². The number of carbonyl (C=O) groups is 1. The van der Waals surface area contributed by atoms with Crippen molar-refractivity contribution in [2.75, 3.05) is 11.1 Å². The van der Waals surface area contributed by atoms with Crippen molar-refractivity contribution in [3.8, 4) is 0 Å². The Morgan fingerprint density at radius 1 is 1.29 bits per heavy atom. The van der Waals surface area contributed by atoms with Crippen molar-refractivity contribution in [2.45, 2.75) is 31.4 Å². The lowest BCUT2D eigenvalue weighted by molar-refractivity contribution is -0.116. The lowest BCUT2D eigenvalue weighted by Crippen LogP contribution is -2.39. The highest BCUT2D eigenvalue weighted by atomic mass is 32.2. The van der Waals surface area contributed by atoms with E-state index in [1.807, 2.05) is 0 Å². The molecule has 1 amide bonds. The van der Waals surface area contributed by atoms with Gasteiger partial charge in [0.1, 0.15) is 5.25 Å². The molecule has 2 N–H and O–H groups in total. The van der Waals surface area contributed by atoms with Crippen molar-refractivity contribution in [1.82, 2.24) is 0 Å². The third kappa shape index (κ3) is 3.60. The first kappa shape index (κ1) is 15.5. The predicted octanol–water partition coefficient (Wildman–Crippen LogP) is 1.79. The van der Waals surface area contributed by atoms with Crippen LogP contribution in [-0.4, -0.2) is 36.2 Å². The lowest BCUT2D eigenvalue weighted by atomic mass is 10.1. The summed E-state index contributed by atoms with van der Waals surface area (Å²) >= 11 is 0. The van der Waals surface area contributed by atoms with Gasteiger partial charge in [0.2, 0.25) is 5.91 Å². The second-order valence-corrected chi connectivity index (χ2v) is 7.41. The fourth-order valence-corrected chi connectivity index (χ4v) is 4.13. The molecular formula is C14H18N2O4S. The number of hydrogen-bond donors (Lipinski definition) is 2. The number of hydrogen-bond acceptors (Lipinski definition) is 5. The average Bonchev–Trinajstić information content (AvgIpc) is 2.46. The molecular weight excluding hydrogens is 292 g/mol. The van der Waals surface area contributed by atoms with Crippen molar-refractivity contribution in [3.05, 3.63) is 29.8 Å². The molecule has 1 aliphatic heterocycles. The summed E-state index contributed by atoms with van der Waals surface area (Å²) in [5, 5.41) is 13.5. The minimum atomic E-state index is -3.33. The number of anilines is 1. The minimum absolute atomic E-state index is 0.0795. The Balaban J connectivity index is 2.09. The van der Waals surface area contributed by atoms with E-state index < -0.39 is 21.0 Å². The standard InChI is InChI=1S/C14H18N2O4S/c1-10(16-18)11-5-7-12(8-6-11)15-14(17)13-4-2-3-9-21(13,19)20/h5-8,13,18H,2-4,9H2,1H3,(H,15,17)/b16-10-. The number of amides is 1. The van der Waals surface area contributed by atoms with Gasteiger partial charge in [-0.15, -0.1) is 0 Å². The largest absolute Gasteiger partial charge is 0.411 e. The summed E-state index contributed by atoms with van der Waals surface area (Å²) in [7, 11) is -3.33. The molecule has 6 nitrogen and oxygen atoms in total. The Labute approximate surface area is 123 Å². The van der Waals surface area contributed by atoms with Crippen LogP contribution in [0.5, 0.6) is 0 Å². The van der Waals surface area contributed by atoms with E-state index in [0.29, 0.717) is 24.2 Å². The Morgan fingerprint density at radius 3 is 2.52 bits per heavy atom. The number of carbonyl (C=O) groups excluding carboxylic acids is 1. The van der Waals surface area contributed by atoms with Crippen LogP contribution < -0.4 is 5.32 Å². The Kier molecular flexibility index (Phi) is 4.62. The molecule has 1 saturated heterocycles. The first-order chi connectivity index (χ1) is 9.94. The SMILES string of the molecule is C/C(=N/O)c1ccc(NC(=O)C2CCCCS2(=O)=O)cc1. The molecule has 7 heteroatoms. The fourth-order valence-electron chi connectivity index (χ4n) is 2.32. The number of sulfone groups is 1. The van der Waals surface area contributed by atoms with Crippen molar-refractivity contribution in [3.63, 3.8) is 0 Å². The molecule has 1 heterocycles. The smallest absolute Gasteiger partial charge is 0.242 e. The van der Waals surface area contributed by atoms with Crippen molar-refractivity contribution < 1.29 is 18.4 Å². The molecule has 0 aliphatic carbocycles. The van der Waals surface area contributed by atoms with Crippen LogP contribution >= 0.6 is 0 Å². The van der Waals surface area contributed by atoms with Crippen LogP contribution in [0.2, 0.25) is 0 Å². The van der Waals surface area contributed by atoms with Crippen LogP contribution in [0.4, 0.5) is 5.69 Å². The number of nitrogens with zero attached hydrogens (tertiary/aromatic N) is 1. The molecule has 0 radical (unpaired) electrons. The van der Waals surface area contributed by atoms with Crippen LogP contribution in [0.15, 0.2) is 29.4 Å². The van der Waals surface area contributed by atoms with E-state index in [1.54, 1.807) is 31.2 Å². The van der Waals surface area contributed by atoms with Crippen LogP contribution in [0.3, 0.4) is 0 Å². The highest BCUT2D eigenvalue weighted by Gasteiger charge is 2.34. The quantitative estimate of drug-likeness (QED) is 0.505. The monoisotopic (exact) mass is 310 g/mol. The minimum Gasteiger partial charge on any atom is -0.411 e. The van der Waals surface area contributed by atoms with Gasteiger partial charge in [0.15, 0.2) is 9.84 Å². The third-order valence-electron chi connectivity index (χ3n) is 3.59. The second kappa shape index (κ2) is 6.26. The van der Waals surface area contributed by atoms with Gasteiger partial charge in [0.25, 0.3) is 0 Å². The van der Waals surface area contributed by atoms with Gasteiger partial charge < -0.3 is 10.5 Å². The Hall–Kier alpha value is -1.89. The zero-order chi connectivity index (χ0) is 15.5. The van der Waals surface area contributed by atoms with E-state index in [1.165, 1.54) is 0 Å². The summed E-state index contributed by atoms with van der Waals surface area (Å²) in [4.78, 5) is 12.1. The summed E-state index contributed by atoms with van der Waals surface area (Å²) in [6.07, 6.45) is 1.76. The summed E-state index contributed by atoms with van der Waals surface area (Å²) in [5.41, 5.74) is 1.71. The fraction of sp³-hybridized carbons (Fsp3) is 0.429. The summed E-state index contributed by atoms with van der Waals surface area (Å²) < 4.78 is 23.8. The molecule has 1 aromatic carbocycles. The average molecular weight is 310 g/mol. The van der Waals surface area contributed by atoms with Crippen LogP contribution in [-0.2, 0) is 14.6 Å². The zero-order valence-corrected chi connectivity index (χ0v) is 12.6. The van der Waals surface area contributed by atoms with Crippen molar-refractivity contribution >= 4 is 27.1 Å². The van der Waals surface area contributed by atoms with Gasteiger partial charge in [-0.25, -0.2) is 8.42 Å². The molecule has 1 aromatic rings. The molecule has 114 valence electrons. The maximum Gasteiger partial charge on any atom is 0.242 e. The molecule has 0 spiro atoms. The zero-order valence-electron chi connectivity index (χ0n) is 11.7. The topological polar surface area (TPSA) is 95.8 Å². The number of oxime groups is 1. The van der Waals surface area contributed by atoms with E-state index in [4.69, 9.17) is 5.21 Å². The Bertz CT molecular complexity index is 650. The molecule has 0 bridgehead atoms. The van der Waals surface area contributed by atoms with Gasteiger partial charge in [0.05, 0.1) is 11.5 Å². The van der Waals surface area contributed by atoms with E-state index in [0.717, 1.165) is 12.0 Å². The van der Waals surface area contributed by atoms with Gasteiger partial charge in [-0.1, -0.05) is 23.7 Å². The molecule has 1 aliphatic rings. The molecule has 0 aromatic heterocycles. The molecule has 21 heavy (non-hydrogen) atoms. The van der Waals surface area contributed by atoms with Gasteiger partial charge in [-0.05, 0) is 37.5 Å². The lowest BCUT2D eigenvalue weighted by Gasteiger charge is -2.21. The third-order valence-corrected chi connectivity index (χ3v) is 5.77. The second-order valence-electron chi connectivity index (χ2n) is 5.10. The number of nitrogens with one attached hydrogen (secondary N) is 1. The Morgan fingerprint density at radius 2 is 1.95 bits per heavy atom. The maximum atomic E-state index is 12.1. The summed E-state index contributed by atoms with van der Waals surface area (Å²) in [5.74, 6) is -0.397. The van der Waals surface area contributed by atoms with Crippen LogP contribution in [0, 0.1) is 0 Å². The first-order valence-electron chi connectivity index (χ1n) is 6.75. The summed E-state index contributed by atoms with van der Waals surface area (Å²) in [6, 6.07) is 6.69. The van der Waals surface area contributed by atoms with E-state index in [2.05, 4.69) is 10.5 Å². The number of benzene rings is 1. The van der Waals surface area contributed by atoms with Gasteiger partial charge in [-0.2, -0.15) is 0 Å². The van der Waals surface area contributed by atoms with Gasteiger partial charge >= 0.3 is 0 Å². The molecule has 1 fully saturated rings. The normalized spacial score (nSPS) is 21.8. The predicted molar refractivity (Wildman–Crippen MR) is 80.5 cm³/mol. The van der Waals surface area contributed by atoms with Gasteiger partial charge in [-0.3, -0.25) is 4.79 Å². The van der Waals surface area contributed by atoms with Crippen molar-refractivity contribution in [2.24, 2.45) is 5.16 Å². The number of rotatable bonds is 3. The van der Waals surface area contributed by atoms with E-state index >= 15 is 0 Å².